The summed E-state index contributed by atoms with van der Waals surface area (Å²) in [4.78, 5) is 0. The van der Waals surface area contributed by atoms with Gasteiger partial charge in [-0.3, -0.25) is 4.68 Å². The summed E-state index contributed by atoms with van der Waals surface area (Å²) < 4.78 is 1.99. The van der Waals surface area contributed by atoms with Gasteiger partial charge in [-0.15, -0.1) is 0 Å². The second-order valence-corrected chi connectivity index (χ2v) is 4.70. The van der Waals surface area contributed by atoms with Crippen molar-refractivity contribution in [1.82, 2.24) is 15.1 Å². The van der Waals surface area contributed by atoms with Crippen LogP contribution in [-0.2, 0) is 13.5 Å². The highest BCUT2D eigenvalue weighted by atomic mass is 15.3. The SMILES string of the molecule is CNCCCc1c(-c2ccc(C)cc2)cnn1C. The fraction of sp³-hybridized carbons (Fsp3) is 0.400. The first-order valence-corrected chi connectivity index (χ1v) is 6.45. The molecule has 0 radical (unpaired) electrons. The highest BCUT2D eigenvalue weighted by Crippen LogP contribution is 2.24. The molecule has 0 atom stereocenters. The van der Waals surface area contributed by atoms with Crippen LogP contribution >= 0.6 is 0 Å². The topological polar surface area (TPSA) is 29.9 Å². The van der Waals surface area contributed by atoms with Crippen molar-refractivity contribution < 1.29 is 0 Å². The number of hydrogen-bond donors (Lipinski definition) is 1. The van der Waals surface area contributed by atoms with E-state index in [0.29, 0.717) is 0 Å². The molecule has 0 aliphatic heterocycles. The van der Waals surface area contributed by atoms with Crippen molar-refractivity contribution in [2.75, 3.05) is 13.6 Å². The molecule has 1 N–H and O–H groups in total. The molecular formula is C15H21N3. The molecule has 0 spiro atoms. The maximum Gasteiger partial charge on any atom is 0.0571 e. The van der Waals surface area contributed by atoms with Crippen LogP contribution in [0.1, 0.15) is 17.7 Å². The second-order valence-electron chi connectivity index (χ2n) is 4.70. The molecule has 0 aliphatic carbocycles. The van der Waals surface area contributed by atoms with E-state index in [9.17, 15) is 0 Å². The highest BCUT2D eigenvalue weighted by molar-refractivity contribution is 5.65. The zero-order chi connectivity index (χ0) is 13.0. The van der Waals surface area contributed by atoms with Gasteiger partial charge in [-0.1, -0.05) is 29.8 Å². The molecule has 1 aromatic heterocycles. The Morgan fingerprint density at radius 1 is 1.22 bits per heavy atom. The van der Waals surface area contributed by atoms with Crippen molar-refractivity contribution in [1.29, 1.82) is 0 Å². The average molecular weight is 243 g/mol. The molecule has 3 nitrogen and oxygen atoms in total. The van der Waals surface area contributed by atoms with E-state index < -0.39 is 0 Å². The molecule has 2 aromatic rings. The minimum atomic E-state index is 1.04. The van der Waals surface area contributed by atoms with E-state index in [1.54, 1.807) is 0 Å². The standard InChI is InChI=1S/C15H21N3/c1-12-6-8-13(9-7-12)14-11-17-18(3)15(14)5-4-10-16-2/h6-9,11,16H,4-5,10H2,1-3H3. The van der Waals surface area contributed by atoms with Gasteiger partial charge in [0.1, 0.15) is 0 Å². The molecule has 96 valence electrons. The molecule has 0 amide bonds. The van der Waals surface area contributed by atoms with Crippen LogP contribution in [-0.4, -0.2) is 23.4 Å². The van der Waals surface area contributed by atoms with Crippen molar-refractivity contribution in [2.45, 2.75) is 19.8 Å². The maximum atomic E-state index is 4.39. The van der Waals surface area contributed by atoms with Crippen LogP contribution in [0.25, 0.3) is 11.1 Å². The Balaban J connectivity index is 2.24. The fourth-order valence-electron chi connectivity index (χ4n) is 2.17. The Kier molecular flexibility index (Phi) is 4.15. The van der Waals surface area contributed by atoms with Gasteiger partial charge in [0.2, 0.25) is 0 Å². The molecule has 2 rings (SSSR count). The lowest BCUT2D eigenvalue weighted by atomic mass is 10.0. The van der Waals surface area contributed by atoms with Gasteiger partial charge < -0.3 is 5.32 Å². The predicted octanol–water partition coefficient (Wildman–Crippen LogP) is 2.55. The molecule has 1 heterocycles. The monoisotopic (exact) mass is 243 g/mol. The number of nitrogens with one attached hydrogen (secondary N) is 1. The molecule has 0 fully saturated rings. The normalized spacial score (nSPS) is 10.8. The van der Waals surface area contributed by atoms with Crippen molar-refractivity contribution >= 4 is 0 Å². The van der Waals surface area contributed by atoms with E-state index in [4.69, 9.17) is 0 Å². The smallest absolute Gasteiger partial charge is 0.0571 e. The van der Waals surface area contributed by atoms with Gasteiger partial charge in [-0.2, -0.15) is 5.10 Å². The minimum absolute atomic E-state index is 1.04. The van der Waals surface area contributed by atoms with Gasteiger partial charge in [0.05, 0.1) is 6.20 Å². The van der Waals surface area contributed by atoms with Crippen LogP contribution in [0.3, 0.4) is 0 Å². The minimum Gasteiger partial charge on any atom is -0.320 e. The largest absolute Gasteiger partial charge is 0.320 e. The van der Waals surface area contributed by atoms with Gasteiger partial charge in [0.25, 0.3) is 0 Å². The van der Waals surface area contributed by atoms with Crippen LogP contribution in [0, 0.1) is 6.92 Å². The van der Waals surface area contributed by atoms with Crippen molar-refractivity contribution in [3.63, 3.8) is 0 Å². The highest BCUT2D eigenvalue weighted by Gasteiger charge is 2.09. The summed E-state index contributed by atoms with van der Waals surface area (Å²) in [5.41, 5.74) is 5.12. The summed E-state index contributed by atoms with van der Waals surface area (Å²) in [6, 6.07) is 8.65. The van der Waals surface area contributed by atoms with Gasteiger partial charge in [-0.25, -0.2) is 0 Å². The van der Waals surface area contributed by atoms with E-state index in [-0.39, 0.29) is 0 Å². The number of aryl methyl sites for hydroxylation is 2. The Morgan fingerprint density at radius 3 is 2.61 bits per heavy atom. The molecule has 0 aliphatic rings. The number of hydrogen-bond acceptors (Lipinski definition) is 2. The fourth-order valence-corrected chi connectivity index (χ4v) is 2.17. The zero-order valence-electron chi connectivity index (χ0n) is 11.4. The predicted molar refractivity (Wildman–Crippen MR) is 75.6 cm³/mol. The van der Waals surface area contributed by atoms with E-state index >= 15 is 0 Å². The summed E-state index contributed by atoms with van der Waals surface area (Å²) >= 11 is 0. The average Bonchev–Trinajstić information content (AvgIpc) is 2.73. The van der Waals surface area contributed by atoms with Crippen LogP contribution < -0.4 is 5.32 Å². The summed E-state index contributed by atoms with van der Waals surface area (Å²) in [5, 5.41) is 7.58. The van der Waals surface area contributed by atoms with Crippen molar-refractivity contribution in [3.05, 3.63) is 41.7 Å². The third-order valence-corrected chi connectivity index (χ3v) is 3.26. The number of rotatable bonds is 5. The Labute approximate surface area is 109 Å². The maximum absolute atomic E-state index is 4.39. The summed E-state index contributed by atoms with van der Waals surface area (Å²) in [6.07, 6.45) is 4.16. The molecule has 0 saturated carbocycles. The first-order chi connectivity index (χ1) is 8.72. The molecule has 0 bridgehead atoms. The summed E-state index contributed by atoms with van der Waals surface area (Å²) in [5.74, 6) is 0. The molecular weight excluding hydrogens is 222 g/mol. The lowest BCUT2D eigenvalue weighted by molar-refractivity contribution is 0.660. The zero-order valence-corrected chi connectivity index (χ0v) is 11.4. The summed E-state index contributed by atoms with van der Waals surface area (Å²) in [7, 11) is 4.01. The van der Waals surface area contributed by atoms with Crippen LogP contribution in [0.5, 0.6) is 0 Å². The second kappa shape index (κ2) is 5.83. The quantitative estimate of drug-likeness (QED) is 0.818. The first kappa shape index (κ1) is 12.8. The van der Waals surface area contributed by atoms with Crippen molar-refractivity contribution in [3.8, 4) is 11.1 Å². The van der Waals surface area contributed by atoms with Gasteiger partial charge in [0.15, 0.2) is 0 Å². The molecule has 18 heavy (non-hydrogen) atoms. The Morgan fingerprint density at radius 2 is 1.94 bits per heavy atom. The lowest BCUT2D eigenvalue weighted by Crippen LogP contribution is -2.10. The molecule has 1 aromatic carbocycles. The third-order valence-electron chi connectivity index (χ3n) is 3.26. The first-order valence-electron chi connectivity index (χ1n) is 6.45. The van der Waals surface area contributed by atoms with E-state index in [1.165, 1.54) is 22.4 Å². The van der Waals surface area contributed by atoms with Crippen LogP contribution in [0.4, 0.5) is 0 Å². The molecule has 3 heteroatoms. The van der Waals surface area contributed by atoms with Gasteiger partial charge in [-0.05, 0) is 38.9 Å². The lowest BCUT2D eigenvalue weighted by Gasteiger charge is -2.07. The number of aromatic nitrogens is 2. The molecule has 0 unspecified atom stereocenters. The van der Waals surface area contributed by atoms with Crippen LogP contribution in [0.2, 0.25) is 0 Å². The Bertz CT molecular complexity index is 497. The van der Waals surface area contributed by atoms with Crippen molar-refractivity contribution in [2.24, 2.45) is 7.05 Å². The molecule has 0 saturated heterocycles. The van der Waals surface area contributed by atoms with E-state index in [0.717, 1.165) is 19.4 Å². The van der Waals surface area contributed by atoms with Gasteiger partial charge in [0, 0.05) is 18.3 Å². The van der Waals surface area contributed by atoms with Gasteiger partial charge >= 0.3 is 0 Å². The number of nitrogens with zero attached hydrogens (tertiary/aromatic N) is 2. The summed E-state index contributed by atoms with van der Waals surface area (Å²) in [6.45, 7) is 3.15. The van der Waals surface area contributed by atoms with Crippen LogP contribution in [0.15, 0.2) is 30.5 Å². The third kappa shape index (κ3) is 2.79. The van der Waals surface area contributed by atoms with E-state index in [2.05, 4.69) is 41.6 Å². The Hall–Kier alpha value is -1.61. The van der Waals surface area contributed by atoms with E-state index in [1.807, 2.05) is 25.0 Å². The number of benzene rings is 1.